The fourth-order valence-corrected chi connectivity index (χ4v) is 4.12. The van der Waals surface area contributed by atoms with Gasteiger partial charge in [-0.25, -0.2) is 0 Å². The maximum absolute atomic E-state index is 12.9. The first-order valence-electron chi connectivity index (χ1n) is 10.7. The predicted molar refractivity (Wildman–Crippen MR) is 121 cm³/mol. The van der Waals surface area contributed by atoms with Crippen molar-refractivity contribution in [3.8, 4) is 11.1 Å². The number of amides is 2. The number of carbonyl (C=O) groups excluding carboxylic acids is 2. The number of aryl methyl sites for hydroxylation is 1. The maximum atomic E-state index is 12.9. The van der Waals surface area contributed by atoms with E-state index in [2.05, 4.69) is 47.6 Å². The van der Waals surface area contributed by atoms with Crippen molar-refractivity contribution < 1.29 is 9.59 Å². The summed E-state index contributed by atoms with van der Waals surface area (Å²) in [7, 11) is 0. The zero-order valence-electron chi connectivity index (χ0n) is 17.8. The number of hydrogen-bond acceptors (Lipinski definition) is 3. The Hall–Kier alpha value is -3.47. The fourth-order valence-electron chi connectivity index (χ4n) is 4.12. The van der Waals surface area contributed by atoms with Gasteiger partial charge in [0, 0.05) is 32.0 Å². The molecule has 3 aromatic rings. The highest BCUT2D eigenvalue weighted by atomic mass is 16.2. The van der Waals surface area contributed by atoms with Crippen LogP contribution in [0.3, 0.4) is 0 Å². The molecule has 1 fully saturated rings. The van der Waals surface area contributed by atoms with Crippen LogP contribution in [0.5, 0.6) is 0 Å². The smallest absolute Gasteiger partial charge is 0.227 e. The van der Waals surface area contributed by atoms with Gasteiger partial charge in [-0.2, -0.15) is 0 Å². The third-order valence-electron chi connectivity index (χ3n) is 5.79. The number of benzene rings is 2. The molecule has 0 aliphatic carbocycles. The Bertz CT molecular complexity index is 1070. The first kappa shape index (κ1) is 20.8. The van der Waals surface area contributed by atoms with Crippen molar-refractivity contribution in [1.29, 1.82) is 0 Å². The van der Waals surface area contributed by atoms with E-state index in [1.807, 2.05) is 30.3 Å². The molecule has 1 aliphatic rings. The molecular weight excluding hydrogens is 386 g/mol. The highest BCUT2D eigenvalue weighted by molar-refractivity contribution is 5.83. The van der Waals surface area contributed by atoms with Crippen molar-refractivity contribution in [2.75, 3.05) is 19.6 Å². The SMILES string of the molecule is Cc1ccccc1-c1cccc(C[C@H]2CN(C(=O)Cc3cccnc3)CCNC2=O)c1. The Morgan fingerprint density at radius 1 is 1.10 bits per heavy atom. The minimum atomic E-state index is -0.271. The molecular formula is C26H27N3O2. The van der Waals surface area contributed by atoms with Gasteiger partial charge in [0.1, 0.15) is 0 Å². The van der Waals surface area contributed by atoms with Crippen LogP contribution in [0.25, 0.3) is 11.1 Å². The van der Waals surface area contributed by atoms with Gasteiger partial charge in [-0.15, -0.1) is 0 Å². The molecule has 2 amide bonds. The molecule has 1 N–H and O–H groups in total. The quantitative estimate of drug-likeness (QED) is 0.697. The van der Waals surface area contributed by atoms with E-state index in [9.17, 15) is 9.59 Å². The Morgan fingerprint density at radius 2 is 1.94 bits per heavy atom. The summed E-state index contributed by atoms with van der Waals surface area (Å²) in [5.41, 5.74) is 5.55. The van der Waals surface area contributed by atoms with Gasteiger partial charge in [0.25, 0.3) is 0 Å². The first-order chi connectivity index (χ1) is 15.1. The van der Waals surface area contributed by atoms with E-state index in [1.54, 1.807) is 17.3 Å². The van der Waals surface area contributed by atoms with E-state index in [0.717, 1.165) is 16.7 Å². The van der Waals surface area contributed by atoms with Gasteiger partial charge >= 0.3 is 0 Å². The van der Waals surface area contributed by atoms with Gasteiger partial charge in [0.05, 0.1) is 12.3 Å². The summed E-state index contributed by atoms with van der Waals surface area (Å²) < 4.78 is 0. The lowest BCUT2D eigenvalue weighted by Crippen LogP contribution is -2.38. The van der Waals surface area contributed by atoms with E-state index in [0.29, 0.717) is 32.5 Å². The number of hydrogen-bond donors (Lipinski definition) is 1. The summed E-state index contributed by atoms with van der Waals surface area (Å²) in [5.74, 6) is -0.228. The van der Waals surface area contributed by atoms with Crippen molar-refractivity contribution in [2.45, 2.75) is 19.8 Å². The van der Waals surface area contributed by atoms with Crippen LogP contribution in [0.2, 0.25) is 0 Å². The molecule has 0 bridgehead atoms. The third-order valence-corrected chi connectivity index (χ3v) is 5.79. The molecule has 1 atom stereocenters. The number of pyridine rings is 1. The van der Waals surface area contributed by atoms with Gasteiger partial charge in [0.15, 0.2) is 0 Å². The summed E-state index contributed by atoms with van der Waals surface area (Å²) in [4.78, 5) is 31.4. The third kappa shape index (κ3) is 5.18. The number of nitrogens with zero attached hydrogens (tertiary/aromatic N) is 2. The van der Waals surface area contributed by atoms with Gasteiger partial charge in [-0.1, -0.05) is 54.6 Å². The Labute approximate surface area is 183 Å². The molecule has 5 heteroatoms. The standard InChI is InChI=1S/C26H27N3O2/c1-19-6-2-3-10-24(19)22-9-4-7-20(14-22)15-23-18-29(13-12-28-26(23)31)25(30)16-21-8-5-11-27-17-21/h2-11,14,17,23H,12-13,15-16,18H2,1H3,(H,28,31)/t23-/m0/s1. The molecule has 31 heavy (non-hydrogen) atoms. The fraction of sp³-hybridized carbons (Fsp3) is 0.269. The van der Waals surface area contributed by atoms with Crippen molar-refractivity contribution in [2.24, 2.45) is 5.92 Å². The molecule has 0 unspecified atom stereocenters. The summed E-state index contributed by atoms with van der Waals surface area (Å²) in [6, 6.07) is 20.4. The molecule has 4 rings (SSSR count). The zero-order chi connectivity index (χ0) is 21.6. The lowest BCUT2D eigenvalue weighted by atomic mass is 9.94. The van der Waals surface area contributed by atoms with Crippen LogP contribution in [-0.2, 0) is 22.4 Å². The van der Waals surface area contributed by atoms with Crippen molar-refractivity contribution in [3.05, 3.63) is 89.7 Å². The Kier molecular flexibility index (Phi) is 6.41. The minimum Gasteiger partial charge on any atom is -0.354 e. The molecule has 5 nitrogen and oxygen atoms in total. The highest BCUT2D eigenvalue weighted by Gasteiger charge is 2.27. The van der Waals surface area contributed by atoms with Gasteiger partial charge in [-0.05, 0) is 47.2 Å². The number of rotatable bonds is 5. The summed E-state index contributed by atoms with van der Waals surface area (Å²) in [6.45, 7) is 3.55. The van der Waals surface area contributed by atoms with Gasteiger partial charge in [0.2, 0.25) is 11.8 Å². The second-order valence-electron chi connectivity index (χ2n) is 8.09. The molecule has 1 aromatic heterocycles. The maximum Gasteiger partial charge on any atom is 0.227 e. The lowest BCUT2D eigenvalue weighted by molar-refractivity contribution is -0.131. The molecule has 0 spiro atoms. The van der Waals surface area contributed by atoms with Crippen LogP contribution < -0.4 is 5.32 Å². The average Bonchev–Trinajstić information content (AvgIpc) is 2.96. The van der Waals surface area contributed by atoms with Crippen molar-refractivity contribution in [3.63, 3.8) is 0 Å². The summed E-state index contributed by atoms with van der Waals surface area (Å²) in [5, 5.41) is 2.97. The van der Waals surface area contributed by atoms with Crippen molar-refractivity contribution in [1.82, 2.24) is 15.2 Å². The normalized spacial score (nSPS) is 16.5. The van der Waals surface area contributed by atoms with Crippen LogP contribution in [0.15, 0.2) is 73.1 Å². The molecule has 2 aromatic carbocycles. The second kappa shape index (κ2) is 9.56. The number of aromatic nitrogens is 1. The number of carbonyl (C=O) groups is 2. The second-order valence-corrected chi connectivity index (χ2v) is 8.09. The van der Waals surface area contributed by atoms with E-state index in [1.165, 1.54) is 11.1 Å². The molecule has 2 heterocycles. The monoisotopic (exact) mass is 413 g/mol. The van der Waals surface area contributed by atoms with E-state index in [4.69, 9.17) is 0 Å². The molecule has 1 saturated heterocycles. The predicted octanol–water partition coefficient (Wildman–Crippen LogP) is 3.42. The van der Waals surface area contributed by atoms with Crippen LogP contribution >= 0.6 is 0 Å². The average molecular weight is 414 g/mol. The number of nitrogens with one attached hydrogen (secondary N) is 1. The Morgan fingerprint density at radius 3 is 2.74 bits per heavy atom. The van der Waals surface area contributed by atoms with Crippen molar-refractivity contribution >= 4 is 11.8 Å². The van der Waals surface area contributed by atoms with E-state index < -0.39 is 0 Å². The molecule has 0 saturated carbocycles. The van der Waals surface area contributed by atoms with Gasteiger partial charge in [-0.3, -0.25) is 14.6 Å². The molecule has 1 aliphatic heterocycles. The first-order valence-corrected chi connectivity index (χ1v) is 10.7. The topological polar surface area (TPSA) is 62.3 Å². The van der Waals surface area contributed by atoms with E-state index >= 15 is 0 Å². The van der Waals surface area contributed by atoms with Crippen LogP contribution in [-0.4, -0.2) is 41.3 Å². The molecule has 0 radical (unpaired) electrons. The minimum absolute atomic E-state index is 0.0120. The van der Waals surface area contributed by atoms with Crippen LogP contribution in [0, 0.1) is 12.8 Å². The zero-order valence-corrected chi connectivity index (χ0v) is 17.8. The van der Waals surface area contributed by atoms with Crippen LogP contribution in [0.4, 0.5) is 0 Å². The lowest BCUT2D eigenvalue weighted by Gasteiger charge is -2.23. The molecule has 158 valence electrons. The van der Waals surface area contributed by atoms with Gasteiger partial charge < -0.3 is 10.2 Å². The Balaban J connectivity index is 1.49. The summed E-state index contributed by atoms with van der Waals surface area (Å²) >= 11 is 0. The van der Waals surface area contributed by atoms with Crippen LogP contribution in [0.1, 0.15) is 16.7 Å². The summed E-state index contributed by atoms with van der Waals surface area (Å²) in [6.07, 6.45) is 4.32. The largest absolute Gasteiger partial charge is 0.354 e. The highest BCUT2D eigenvalue weighted by Crippen LogP contribution is 2.25. The van der Waals surface area contributed by atoms with E-state index in [-0.39, 0.29) is 17.7 Å².